The zero-order chi connectivity index (χ0) is 10.1. The van der Waals surface area contributed by atoms with Crippen LogP contribution >= 0.6 is 12.4 Å². The van der Waals surface area contributed by atoms with Gasteiger partial charge in [-0.05, 0) is 0 Å². The molecule has 0 bridgehead atoms. The van der Waals surface area contributed by atoms with Crippen molar-refractivity contribution >= 4 is 23.3 Å². The van der Waals surface area contributed by atoms with Gasteiger partial charge in [-0.25, -0.2) is 14.4 Å². The number of methoxy groups -OCH3 is 1. The molecule has 2 rings (SSSR count). The molecule has 1 aromatic heterocycles. The highest BCUT2D eigenvalue weighted by Crippen LogP contribution is 2.27. The minimum absolute atomic E-state index is 0. The smallest absolute Gasteiger partial charge is 0.224 e. The Morgan fingerprint density at radius 2 is 2.07 bits per heavy atom. The van der Waals surface area contributed by atoms with E-state index in [1.165, 1.54) is 19.2 Å². The monoisotopic (exact) mass is 230 g/mol. The van der Waals surface area contributed by atoms with Crippen molar-refractivity contribution in [3.8, 4) is 11.6 Å². The summed E-state index contributed by atoms with van der Waals surface area (Å²) in [6.45, 7) is 0. The predicted octanol–water partition coefficient (Wildman–Crippen LogP) is 1.90. The van der Waals surface area contributed by atoms with Gasteiger partial charge in [0.1, 0.15) is 17.9 Å². The summed E-state index contributed by atoms with van der Waals surface area (Å²) in [4.78, 5) is 7.31. The van der Waals surface area contributed by atoms with Crippen molar-refractivity contribution < 1.29 is 14.2 Å². The van der Waals surface area contributed by atoms with Gasteiger partial charge in [-0.15, -0.1) is 12.4 Å². The minimum Gasteiger partial charge on any atom is -0.497 e. The van der Waals surface area contributed by atoms with Crippen LogP contribution in [0.2, 0.25) is 0 Å². The molecule has 4 nitrogen and oxygen atoms in total. The Labute approximate surface area is 91.1 Å². The van der Waals surface area contributed by atoms with Crippen molar-refractivity contribution in [2.24, 2.45) is 0 Å². The lowest BCUT2D eigenvalue weighted by atomic mass is 10.2. The van der Waals surface area contributed by atoms with E-state index in [4.69, 9.17) is 4.74 Å². The third kappa shape index (κ3) is 1.92. The van der Waals surface area contributed by atoms with Crippen LogP contribution in [0, 0.1) is 5.82 Å². The number of aromatic nitrogens is 2. The van der Waals surface area contributed by atoms with E-state index in [0.29, 0.717) is 11.3 Å². The third-order valence-electron chi connectivity index (χ3n) is 1.88. The molecule has 6 heteroatoms. The van der Waals surface area contributed by atoms with Gasteiger partial charge in [0.2, 0.25) is 5.88 Å². The van der Waals surface area contributed by atoms with Gasteiger partial charge in [0.25, 0.3) is 0 Å². The van der Waals surface area contributed by atoms with E-state index in [1.54, 1.807) is 0 Å². The second-order valence-corrected chi connectivity index (χ2v) is 2.70. The van der Waals surface area contributed by atoms with E-state index < -0.39 is 5.82 Å². The second kappa shape index (κ2) is 4.27. The standard InChI is InChI=1S/C9H7FN2O2.ClH/c1-14-5-2-6(10)8-7(3-5)11-4-12-9(8)13;/h2-4H,1H3,(H,11,12,13);1H. The van der Waals surface area contributed by atoms with Crippen molar-refractivity contribution in [1.82, 2.24) is 9.97 Å². The number of hydrogen-bond donors (Lipinski definition) is 1. The van der Waals surface area contributed by atoms with Crippen LogP contribution in [-0.2, 0) is 0 Å². The van der Waals surface area contributed by atoms with Gasteiger partial charge in [-0.3, -0.25) is 0 Å². The van der Waals surface area contributed by atoms with E-state index in [-0.39, 0.29) is 23.7 Å². The zero-order valence-corrected chi connectivity index (χ0v) is 8.58. The summed E-state index contributed by atoms with van der Waals surface area (Å²) in [7, 11) is 1.43. The van der Waals surface area contributed by atoms with Crippen molar-refractivity contribution in [2.45, 2.75) is 0 Å². The molecule has 0 saturated heterocycles. The summed E-state index contributed by atoms with van der Waals surface area (Å²) in [5.41, 5.74) is 0.314. The highest BCUT2D eigenvalue weighted by atomic mass is 35.5. The fourth-order valence-electron chi connectivity index (χ4n) is 1.22. The maximum atomic E-state index is 13.4. The highest BCUT2D eigenvalue weighted by molar-refractivity contribution is 5.85. The van der Waals surface area contributed by atoms with Gasteiger partial charge in [0.15, 0.2) is 0 Å². The summed E-state index contributed by atoms with van der Waals surface area (Å²) in [6, 6.07) is 2.70. The molecule has 80 valence electrons. The largest absolute Gasteiger partial charge is 0.497 e. The molecular weight excluding hydrogens is 223 g/mol. The highest BCUT2D eigenvalue weighted by Gasteiger charge is 2.09. The minimum atomic E-state index is -0.600. The van der Waals surface area contributed by atoms with Crippen LogP contribution < -0.4 is 4.74 Å². The Morgan fingerprint density at radius 1 is 1.33 bits per heavy atom. The molecule has 1 N–H and O–H groups in total. The first-order valence-electron chi connectivity index (χ1n) is 3.89. The van der Waals surface area contributed by atoms with E-state index in [1.807, 2.05) is 0 Å². The third-order valence-corrected chi connectivity index (χ3v) is 1.88. The first kappa shape index (κ1) is 11.5. The Hall–Kier alpha value is -1.62. The predicted molar refractivity (Wildman–Crippen MR) is 55.0 cm³/mol. The molecule has 0 atom stereocenters. The van der Waals surface area contributed by atoms with Gasteiger partial charge in [0.05, 0.1) is 18.0 Å². The van der Waals surface area contributed by atoms with Crippen LogP contribution in [0.15, 0.2) is 18.5 Å². The van der Waals surface area contributed by atoms with Gasteiger partial charge in [-0.1, -0.05) is 0 Å². The van der Waals surface area contributed by atoms with Gasteiger partial charge in [0, 0.05) is 12.1 Å². The number of ether oxygens (including phenoxy) is 1. The SMILES string of the molecule is COc1cc(F)c2c(O)ncnc2c1.Cl. The lowest BCUT2D eigenvalue weighted by Gasteiger charge is -2.03. The molecule has 0 aliphatic rings. The average molecular weight is 231 g/mol. The summed E-state index contributed by atoms with van der Waals surface area (Å²) >= 11 is 0. The van der Waals surface area contributed by atoms with E-state index in [2.05, 4.69) is 9.97 Å². The van der Waals surface area contributed by atoms with Crippen LogP contribution in [0.25, 0.3) is 10.9 Å². The molecule has 0 saturated carbocycles. The van der Waals surface area contributed by atoms with E-state index in [9.17, 15) is 9.50 Å². The molecule has 0 spiro atoms. The second-order valence-electron chi connectivity index (χ2n) is 2.70. The van der Waals surface area contributed by atoms with Crippen molar-refractivity contribution in [2.75, 3.05) is 7.11 Å². The van der Waals surface area contributed by atoms with Crippen LogP contribution in [-0.4, -0.2) is 22.2 Å². The maximum Gasteiger partial charge on any atom is 0.224 e. The quantitative estimate of drug-likeness (QED) is 0.813. The fourth-order valence-corrected chi connectivity index (χ4v) is 1.22. The Kier molecular flexibility index (Phi) is 3.26. The molecule has 0 unspecified atom stereocenters. The van der Waals surface area contributed by atoms with Crippen LogP contribution in [0.3, 0.4) is 0 Å². The molecule has 0 aliphatic heterocycles. The molecule has 1 aromatic carbocycles. The molecule has 0 fully saturated rings. The van der Waals surface area contributed by atoms with Crippen molar-refractivity contribution in [1.29, 1.82) is 0 Å². The lowest BCUT2D eigenvalue weighted by Crippen LogP contribution is -1.90. The number of halogens is 2. The lowest BCUT2D eigenvalue weighted by molar-refractivity contribution is 0.411. The summed E-state index contributed by atoms with van der Waals surface area (Å²) in [6.07, 6.45) is 1.16. The number of aromatic hydroxyl groups is 1. The van der Waals surface area contributed by atoms with Gasteiger partial charge >= 0.3 is 0 Å². The summed E-state index contributed by atoms with van der Waals surface area (Å²) in [5, 5.41) is 9.29. The summed E-state index contributed by atoms with van der Waals surface area (Å²) in [5.74, 6) is -0.610. The van der Waals surface area contributed by atoms with Crippen LogP contribution in [0.4, 0.5) is 4.39 Å². The normalized spacial score (nSPS) is 9.73. The first-order valence-corrected chi connectivity index (χ1v) is 3.89. The van der Waals surface area contributed by atoms with Gasteiger partial charge in [-0.2, -0.15) is 0 Å². The number of rotatable bonds is 1. The fraction of sp³-hybridized carbons (Fsp3) is 0.111. The number of nitrogens with zero attached hydrogens (tertiary/aromatic N) is 2. The Morgan fingerprint density at radius 3 is 2.73 bits per heavy atom. The Balaban J connectivity index is 0.00000112. The first-order chi connectivity index (χ1) is 6.72. The van der Waals surface area contributed by atoms with Crippen LogP contribution in [0.5, 0.6) is 11.6 Å². The average Bonchev–Trinajstić information content (AvgIpc) is 2.17. The number of benzene rings is 1. The summed E-state index contributed by atoms with van der Waals surface area (Å²) < 4.78 is 18.2. The van der Waals surface area contributed by atoms with Gasteiger partial charge < -0.3 is 9.84 Å². The number of hydrogen-bond acceptors (Lipinski definition) is 4. The molecule has 0 radical (unpaired) electrons. The number of fused-ring (bicyclic) bond motifs is 1. The van der Waals surface area contributed by atoms with E-state index >= 15 is 0 Å². The molecule has 15 heavy (non-hydrogen) atoms. The molecular formula is C9H8ClFN2O2. The Bertz CT molecular complexity index is 493. The van der Waals surface area contributed by atoms with Crippen molar-refractivity contribution in [3.05, 3.63) is 24.3 Å². The molecule has 1 heterocycles. The topological polar surface area (TPSA) is 55.2 Å². The maximum absolute atomic E-state index is 13.4. The zero-order valence-electron chi connectivity index (χ0n) is 7.77. The van der Waals surface area contributed by atoms with E-state index in [0.717, 1.165) is 6.33 Å². The van der Waals surface area contributed by atoms with Crippen LogP contribution in [0.1, 0.15) is 0 Å². The molecule has 2 aromatic rings. The molecule has 0 aliphatic carbocycles. The van der Waals surface area contributed by atoms with Crippen molar-refractivity contribution in [3.63, 3.8) is 0 Å². The molecule has 0 amide bonds.